The second-order valence-electron chi connectivity index (χ2n) is 12.8. The van der Waals surface area contributed by atoms with Gasteiger partial charge in [-0.15, -0.1) is 0 Å². The summed E-state index contributed by atoms with van der Waals surface area (Å²) in [5.41, 5.74) is -0.399. The van der Waals surface area contributed by atoms with Gasteiger partial charge in [-0.1, -0.05) is 81.4 Å². The van der Waals surface area contributed by atoms with Gasteiger partial charge in [0.1, 0.15) is 29.3 Å². The number of hydrogen-bond acceptors (Lipinski definition) is 9. The Morgan fingerprint density at radius 1 is 1.14 bits per heavy atom. The largest absolute Gasteiger partial charge is 0.507 e. The molecule has 0 amide bonds. The van der Waals surface area contributed by atoms with Crippen LogP contribution in [0.2, 0.25) is 0 Å². The lowest BCUT2D eigenvalue weighted by molar-refractivity contribution is -0.180. The van der Waals surface area contributed by atoms with Crippen LogP contribution in [-0.4, -0.2) is 68.3 Å². The van der Waals surface area contributed by atoms with Crippen molar-refractivity contribution in [1.82, 2.24) is 0 Å². The van der Waals surface area contributed by atoms with Crippen molar-refractivity contribution >= 4 is 0 Å². The summed E-state index contributed by atoms with van der Waals surface area (Å²) in [6.45, 7) is 11.3. The van der Waals surface area contributed by atoms with Gasteiger partial charge in [0.05, 0.1) is 36.9 Å². The minimum atomic E-state index is -1.50. The molecule has 1 aliphatic rings. The van der Waals surface area contributed by atoms with Gasteiger partial charge in [0.15, 0.2) is 0 Å². The van der Waals surface area contributed by atoms with E-state index in [1.165, 1.54) is 43.7 Å². The first-order chi connectivity index (χ1) is 20.2. The first-order valence-corrected chi connectivity index (χ1v) is 15.6. The van der Waals surface area contributed by atoms with Crippen LogP contribution in [0.1, 0.15) is 104 Å². The van der Waals surface area contributed by atoms with Gasteiger partial charge in [0, 0.05) is 18.4 Å². The fourth-order valence-electron chi connectivity index (χ4n) is 5.56. The van der Waals surface area contributed by atoms with Crippen LogP contribution in [0.25, 0.3) is 0 Å². The lowest BCUT2D eigenvalue weighted by Crippen LogP contribution is -2.46. The van der Waals surface area contributed by atoms with E-state index in [0.29, 0.717) is 5.92 Å². The fraction of sp³-hybridized carbons (Fsp3) is 0.676. The van der Waals surface area contributed by atoms with E-state index in [1.807, 2.05) is 13.0 Å². The van der Waals surface area contributed by atoms with Crippen molar-refractivity contribution in [3.63, 3.8) is 0 Å². The topological polar surface area (TPSA) is 161 Å². The van der Waals surface area contributed by atoms with Crippen molar-refractivity contribution in [3.05, 3.63) is 63.3 Å². The smallest absolute Gasteiger partial charge is 0.345 e. The average Bonchev–Trinajstić information content (AvgIpc) is 2.95. The number of ether oxygens (including phenoxy) is 1. The van der Waals surface area contributed by atoms with Crippen molar-refractivity contribution in [2.75, 3.05) is 13.2 Å². The summed E-state index contributed by atoms with van der Waals surface area (Å²) in [7, 11) is 0. The maximum atomic E-state index is 12.9. The molecular formula is C34H54O9. The third kappa shape index (κ3) is 10.7. The molecule has 0 bridgehead atoms. The highest BCUT2D eigenvalue weighted by Crippen LogP contribution is 2.37. The van der Waals surface area contributed by atoms with E-state index in [9.17, 15) is 35.4 Å². The van der Waals surface area contributed by atoms with Crippen LogP contribution in [0, 0.1) is 11.8 Å². The molecule has 43 heavy (non-hydrogen) atoms. The molecule has 1 aliphatic heterocycles. The Bertz CT molecular complexity index is 1150. The van der Waals surface area contributed by atoms with E-state index >= 15 is 0 Å². The quantitative estimate of drug-likeness (QED) is 0.0899. The number of rotatable bonds is 16. The van der Waals surface area contributed by atoms with Gasteiger partial charge in [-0.3, -0.25) is 0 Å². The molecule has 7 atom stereocenters. The van der Waals surface area contributed by atoms with Crippen molar-refractivity contribution in [1.29, 1.82) is 0 Å². The number of unbranched alkanes of at least 4 members (excludes halogenated alkanes) is 3. The molecule has 2 rings (SSSR count). The van der Waals surface area contributed by atoms with Gasteiger partial charge in [-0.05, 0) is 40.0 Å². The van der Waals surface area contributed by atoms with E-state index in [1.54, 1.807) is 26.0 Å². The molecule has 6 N–H and O–H groups in total. The summed E-state index contributed by atoms with van der Waals surface area (Å²) in [4.78, 5) is 12.9. The van der Waals surface area contributed by atoms with Crippen molar-refractivity contribution in [2.45, 2.75) is 122 Å². The van der Waals surface area contributed by atoms with Crippen LogP contribution in [0.15, 0.2) is 50.7 Å². The van der Waals surface area contributed by atoms with Crippen LogP contribution in [-0.2, 0) is 10.2 Å². The second-order valence-corrected chi connectivity index (χ2v) is 12.8. The Labute approximate surface area is 256 Å². The average molecular weight is 607 g/mol. The van der Waals surface area contributed by atoms with Crippen LogP contribution in [0.4, 0.5) is 0 Å². The fourth-order valence-corrected chi connectivity index (χ4v) is 5.56. The predicted octanol–water partition coefficient (Wildman–Crippen LogP) is 4.58. The summed E-state index contributed by atoms with van der Waals surface area (Å²) >= 11 is 0. The third-order valence-corrected chi connectivity index (χ3v) is 8.33. The number of aliphatic hydroxyl groups excluding tert-OH is 5. The molecule has 1 saturated heterocycles. The highest BCUT2D eigenvalue weighted by atomic mass is 16.5. The highest BCUT2D eigenvalue weighted by Gasteiger charge is 2.41. The number of hydrogen-bond donors (Lipinski definition) is 6. The standard InChI is InChI=1S/C34H54O9/c1-7-8-9-10-11-21(2)14-23(4)16-24(19-35)15-22(3)12-13-28(39)34(5,6)29-18-26(37)30(33(41)43-29)32-31(40)27(38)17-25(20-36)42-32/h12-13,15-16,18,21,24-25,27-28,31-32,35-40H,7-11,14,17,19-20H2,1-6H3/b13-12+,22-15+,23-16-/t21-,24-,25+,27+,28-,31-,32+/m0/s1. The normalized spacial score (nSPS) is 24.3. The Hall–Kier alpha value is -2.27. The summed E-state index contributed by atoms with van der Waals surface area (Å²) in [6.07, 6.45) is 8.44. The molecule has 2 heterocycles. The Balaban J connectivity index is 2.14. The molecule has 0 spiro atoms. The summed E-state index contributed by atoms with van der Waals surface area (Å²) in [6, 6.07) is 1.20. The van der Waals surface area contributed by atoms with E-state index in [0.717, 1.165) is 12.0 Å². The lowest BCUT2D eigenvalue weighted by Gasteiger charge is -2.36. The molecule has 244 valence electrons. The van der Waals surface area contributed by atoms with Gasteiger partial charge < -0.3 is 39.8 Å². The first-order valence-electron chi connectivity index (χ1n) is 15.6. The molecule has 0 radical (unpaired) electrons. The molecular weight excluding hydrogens is 552 g/mol. The zero-order chi connectivity index (χ0) is 32.3. The SMILES string of the molecule is CCCCCC[C@H](C)C/C(C)=C\[C@H](/C=C(C)/C=C/[C@H](O)C(C)(C)c1cc(O)c([C@H]2O[C@@H](CO)C[C@@H](O)[C@@H]2O)c(=O)o1)CO. The second kappa shape index (κ2) is 17.3. The van der Waals surface area contributed by atoms with Gasteiger partial charge in [-0.2, -0.15) is 0 Å². The number of aromatic hydroxyl groups is 1. The monoisotopic (exact) mass is 606 g/mol. The molecule has 1 aromatic rings. The number of aliphatic hydroxyl groups is 5. The van der Waals surface area contributed by atoms with Crippen LogP contribution < -0.4 is 5.63 Å². The predicted molar refractivity (Wildman–Crippen MR) is 167 cm³/mol. The molecule has 0 unspecified atom stereocenters. The summed E-state index contributed by atoms with van der Waals surface area (Å²) in [5, 5.41) is 61.7. The lowest BCUT2D eigenvalue weighted by atomic mass is 9.82. The van der Waals surface area contributed by atoms with Crippen LogP contribution in [0.3, 0.4) is 0 Å². The maximum absolute atomic E-state index is 12.9. The first kappa shape index (κ1) is 36.9. The van der Waals surface area contributed by atoms with E-state index in [2.05, 4.69) is 26.8 Å². The van der Waals surface area contributed by atoms with Crippen molar-refractivity contribution in [3.8, 4) is 5.75 Å². The third-order valence-electron chi connectivity index (χ3n) is 8.33. The molecule has 1 fully saturated rings. The zero-order valence-electron chi connectivity index (χ0n) is 26.7. The van der Waals surface area contributed by atoms with Crippen molar-refractivity contribution in [2.24, 2.45) is 11.8 Å². The molecule has 0 saturated carbocycles. The highest BCUT2D eigenvalue weighted by molar-refractivity contribution is 5.36. The number of allylic oxidation sites excluding steroid dienone is 3. The Kier molecular flexibility index (Phi) is 14.8. The molecule has 9 heteroatoms. The van der Waals surface area contributed by atoms with Gasteiger partial charge in [0.25, 0.3) is 0 Å². The summed E-state index contributed by atoms with van der Waals surface area (Å²) < 4.78 is 11.0. The van der Waals surface area contributed by atoms with Gasteiger partial charge >= 0.3 is 5.63 Å². The molecule has 1 aromatic heterocycles. The summed E-state index contributed by atoms with van der Waals surface area (Å²) in [5.74, 6) is -0.0686. The Morgan fingerprint density at radius 2 is 1.84 bits per heavy atom. The van der Waals surface area contributed by atoms with E-state index < -0.39 is 53.9 Å². The maximum Gasteiger partial charge on any atom is 0.345 e. The molecule has 9 nitrogen and oxygen atoms in total. The minimum absolute atomic E-state index is 0.0118. The van der Waals surface area contributed by atoms with Crippen LogP contribution in [0.5, 0.6) is 5.75 Å². The van der Waals surface area contributed by atoms with E-state index in [4.69, 9.17) is 9.15 Å². The molecule has 0 aliphatic carbocycles. The van der Waals surface area contributed by atoms with Gasteiger partial charge in [-0.25, -0.2) is 4.79 Å². The zero-order valence-corrected chi connectivity index (χ0v) is 26.7. The van der Waals surface area contributed by atoms with Gasteiger partial charge in [0.2, 0.25) is 0 Å². The van der Waals surface area contributed by atoms with E-state index in [-0.39, 0.29) is 30.3 Å². The Morgan fingerprint density at radius 3 is 2.44 bits per heavy atom. The minimum Gasteiger partial charge on any atom is -0.507 e. The van der Waals surface area contributed by atoms with Crippen molar-refractivity contribution < 1.29 is 39.8 Å². The van der Waals surface area contributed by atoms with Crippen LogP contribution >= 0.6 is 0 Å². The molecule has 0 aromatic carbocycles.